The van der Waals surface area contributed by atoms with Crippen LogP contribution in [-0.4, -0.2) is 24.5 Å². The van der Waals surface area contributed by atoms with Crippen LogP contribution in [-0.2, 0) is 6.54 Å². The van der Waals surface area contributed by atoms with Gasteiger partial charge in [-0.25, -0.2) is 9.67 Å². The summed E-state index contributed by atoms with van der Waals surface area (Å²) >= 11 is 0. The molecule has 0 unspecified atom stereocenters. The van der Waals surface area contributed by atoms with Gasteiger partial charge in [-0.05, 0) is 12.1 Å². The summed E-state index contributed by atoms with van der Waals surface area (Å²) < 4.78 is 3.56. The van der Waals surface area contributed by atoms with E-state index in [1.54, 1.807) is 10.9 Å². The number of imidazole rings is 1. The Morgan fingerprint density at radius 3 is 2.72 bits per heavy atom. The average molecular weight is 240 g/mol. The van der Waals surface area contributed by atoms with E-state index >= 15 is 0 Å². The average Bonchev–Trinajstić information content (AvgIpc) is 3.02. The molecule has 3 rings (SSSR count). The third-order valence-corrected chi connectivity index (χ3v) is 2.64. The van der Waals surface area contributed by atoms with E-state index in [4.69, 9.17) is 5.73 Å². The number of nitrogens with two attached hydrogens (primary N) is 1. The van der Waals surface area contributed by atoms with Crippen molar-refractivity contribution in [2.75, 3.05) is 5.73 Å². The minimum absolute atomic E-state index is 0.476. The van der Waals surface area contributed by atoms with Gasteiger partial charge in [0.15, 0.2) is 5.95 Å². The number of nitrogens with zero attached hydrogens (tertiary/aromatic N) is 5. The molecule has 3 aromatic rings. The Morgan fingerprint density at radius 2 is 2.00 bits per heavy atom. The highest BCUT2D eigenvalue weighted by Crippen LogP contribution is 2.08. The second-order valence-electron chi connectivity index (χ2n) is 3.90. The van der Waals surface area contributed by atoms with Gasteiger partial charge in [-0.15, -0.1) is 5.10 Å². The molecule has 0 aliphatic carbocycles. The molecule has 0 amide bonds. The number of para-hydroxylation sites is 1. The second kappa shape index (κ2) is 4.33. The van der Waals surface area contributed by atoms with E-state index in [1.165, 1.54) is 0 Å². The Kier molecular flexibility index (Phi) is 2.53. The van der Waals surface area contributed by atoms with E-state index in [9.17, 15) is 0 Å². The lowest BCUT2D eigenvalue weighted by Gasteiger charge is -2.00. The maximum absolute atomic E-state index is 5.70. The van der Waals surface area contributed by atoms with Gasteiger partial charge in [0.1, 0.15) is 5.69 Å². The largest absolute Gasteiger partial charge is 0.369 e. The van der Waals surface area contributed by atoms with Gasteiger partial charge in [-0.1, -0.05) is 23.4 Å². The summed E-state index contributed by atoms with van der Waals surface area (Å²) in [6.45, 7) is 0.568. The van der Waals surface area contributed by atoms with Crippen LogP contribution in [0.25, 0.3) is 5.69 Å². The Hall–Kier alpha value is -2.63. The Bertz CT molecular complexity index is 639. The summed E-state index contributed by atoms with van der Waals surface area (Å²) in [5, 5.41) is 8.21. The zero-order valence-electron chi connectivity index (χ0n) is 9.64. The molecule has 0 spiro atoms. The molecule has 0 saturated heterocycles. The zero-order chi connectivity index (χ0) is 12.4. The van der Waals surface area contributed by atoms with Crippen molar-refractivity contribution in [3.8, 4) is 5.69 Å². The van der Waals surface area contributed by atoms with Crippen molar-refractivity contribution in [1.29, 1.82) is 0 Å². The number of hydrogen-bond donors (Lipinski definition) is 1. The van der Waals surface area contributed by atoms with Crippen molar-refractivity contribution in [3.05, 3.63) is 54.6 Å². The maximum Gasteiger partial charge on any atom is 0.200 e. The number of nitrogen functional groups attached to an aromatic ring is 1. The zero-order valence-corrected chi connectivity index (χ0v) is 9.64. The van der Waals surface area contributed by atoms with E-state index in [-0.39, 0.29) is 0 Å². The smallest absolute Gasteiger partial charge is 0.200 e. The molecule has 0 atom stereocenters. The lowest BCUT2D eigenvalue weighted by molar-refractivity contribution is 0.763. The summed E-state index contributed by atoms with van der Waals surface area (Å²) in [5.41, 5.74) is 7.52. The van der Waals surface area contributed by atoms with E-state index in [2.05, 4.69) is 15.3 Å². The molecule has 0 aliphatic heterocycles. The quantitative estimate of drug-likeness (QED) is 0.743. The van der Waals surface area contributed by atoms with Crippen LogP contribution in [0.4, 0.5) is 5.95 Å². The summed E-state index contributed by atoms with van der Waals surface area (Å²) in [5.74, 6) is 0.476. The van der Waals surface area contributed by atoms with Crippen molar-refractivity contribution in [2.24, 2.45) is 0 Å². The van der Waals surface area contributed by atoms with E-state index in [0.29, 0.717) is 12.5 Å². The first-order chi connectivity index (χ1) is 8.83. The Morgan fingerprint density at radius 1 is 1.17 bits per heavy atom. The number of anilines is 1. The molecule has 0 radical (unpaired) electrons. The molecule has 2 heterocycles. The van der Waals surface area contributed by atoms with Gasteiger partial charge < -0.3 is 10.3 Å². The lowest BCUT2D eigenvalue weighted by Crippen LogP contribution is -2.03. The van der Waals surface area contributed by atoms with Gasteiger partial charge in [0.05, 0.1) is 18.4 Å². The monoisotopic (exact) mass is 240 g/mol. The maximum atomic E-state index is 5.70. The van der Waals surface area contributed by atoms with Gasteiger partial charge in [0.2, 0.25) is 0 Å². The predicted molar refractivity (Wildman–Crippen MR) is 67.1 cm³/mol. The molecule has 2 N–H and O–H groups in total. The molecule has 90 valence electrons. The summed E-state index contributed by atoms with van der Waals surface area (Å²) in [4.78, 5) is 3.96. The normalized spacial score (nSPS) is 10.7. The van der Waals surface area contributed by atoms with Crippen LogP contribution in [0, 0.1) is 0 Å². The minimum atomic E-state index is 0.476. The highest BCUT2D eigenvalue weighted by molar-refractivity contribution is 5.30. The van der Waals surface area contributed by atoms with E-state index < -0.39 is 0 Å². The molecule has 18 heavy (non-hydrogen) atoms. The van der Waals surface area contributed by atoms with Crippen LogP contribution in [0.2, 0.25) is 0 Å². The van der Waals surface area contributed by atoms with E-state index in [0.717, 1.165) is 11.4 Å². The first-order valence-corrected chi connectivity index (χ1v) is 5.56. The van der Waals surface area contributed by atoms with Crippen molar-refractivity contribution < 1.29 is 0 Å². The predicted octanol–water partition coefficient (Wildman–Crippen LogP) is 1.09. The van der Waals surface area contributed by atoms with Crippen molar-refractivity contribution in [3.63, 3.8) is 0 Å². The van der Waals surface area contributed by atoms with Crippen LogP contribution in [0.3, 0.4) is 0 Å². The molecule has 0 saturated carbocycles. The van der Waals surface area contributed by atoms with E-state index in [1.807, 2.05) is 47.3 Å². The van der Waals surface area contributed by atoms with Crippen LogP contribution in [0.15, 0.2) is 48.9 Å². The first kappa shape index (κ1) is 10.5. The Balaban J connectivity index is 1.84. The molecule has 6 nitrogen and oxygen atoms in total. The van der Waals surface area contributed by atoms with Crippen LogP contribution < -0.4 is 5.73 Å². The molecule has 0 bridgehead atoms. The Labute approximate surface area is 104 Å². The van der Waals surface area contributed by atoms with Crippen LogP contribution in [0.1, 0.15) is 5.69 Å². The molecule has 1 aromatic carbocycles. The van der Waals surface area contributed by atoms with Crippen LogP contribution in [0.5, 0.6) is 0 Å². The van der Waals surface area contributed by atoms with Gasteiger partial charge in [-0.3, -0.25) is 0 Å². The molecular weight excluding hydrogens is 228 g/mol. The summed E-state index contributed by atoms with van der Waals surface area (Å²) in [6, 6.07) is 9.84. The SMILES string of the molecule is Nc1nccn1Cc1cn(-c2ccccc2)nn1. The molecule has 0 fully saturated rings. The van der Waals surface area contributed by atoms with Crippen molar-refractivity contribution in [2.45, 2.75) is 6.54 Å². The fraction of sp³-hybridized carbons (Fsp3) is 0.0833. The third kappa shape index (κ3) is 1.95. The standard InChI is InChI=1S/C12H12N6/c13-12-14-6-7-17(12)8-10-9-18(16-15-10)11-4-2-1-3-5-11/h1-7,9H,8H2,(H2,13,14). The summed E-state index contributed by atoms with van der Waals surface area (Å²) in [7, 11) is 0. The topological polar surface area (TPSA) is 74.5 Å². The second-order valence-corrected chi connectivity index (χ2v) is 3.90. The highest BCUT2D eigenvalue weighted by atomic mass is 15.4. The molecule has 6 heteroatoms. The van der Waals surface area contributed by atoms with Gasteiger partial charge in [0, 0.05) is 12.4 Å². The fourth-order valence-electron chi connectivity index (χ4n) is 1.73. The van der Waals surface area contributed by atoms with Crippen molar-refractivity contribution >= 4 is 5.95 Å². The number of aromatic nitrogens is 5. The highest BCUT2D eigenvalue weighted by Gasteiger charge is 2.05. The van der Waals surface area contributed by atoms with Gasteiger partial charge in [0.25, 0.3) is 0 Å². The number of hydrogen-bond acceptors (Lipinski definition) is 4. The van der Waals surface area contributed by atoms with Crippen molar-refractivity contribution in [1.82, 2.24) is 24.5 Å². The fourth-order valence-corrected chi connectivity index (χ4v) is 1.73. The number of rotatable bonds is 3. The molecule has 2 aromatic heterocycles. The summed E-state index contributed by atoms with van der Waals surface area (Å²) in [6.07, 6.45) is 5.36. The minimum Gasteiger partial charge on any atom is -0.369 e. The third-order valence-electron chi connectivity index (χ3n) is 2.64. The lowest BCUT2D eigenvalue weighted by atomic mass is 10.3. The number of benzene rings is 1. The van der Waals surface area contributed by atoms with Gasteiger partial charge >= 0.3 is 0 Å². The molecular formula is C12H12N6. The van der Waals surface area contributed by atoms with Crippen LogP contribution >= 0.6 is 0 Å². The molecule has 0 aliphatic rings. The first-order valence-electron chi connectivity index (χ1n) is 5.56. The van der Waals surface area contributed by atoms with Gasteiger partial charge in [-0.2, -0.15) is 0 Å².